The van der Waals surface area contributed by atoms with Gasteiger partial charge in [-0.25, -0.2) is 0 Å². The van der Waals surface area contributed by atoms with Gasteiger partial charge in [-0.1, -0.05) is 0 Å². The third-order valence-electron chi connectivity index (χ3n) is 3.93. The van der Waals surface area contributed by atoms with Crippen LogP contribution in [0.4, 0.5) is 0 Å². The van der Waals surface area contributed by atoms with Crippen molar-refractivity contribution in [3.8, 4) is 0 Å². The summed E-state index contributed by atoms with van der Waals surface area (Å²) in [4.78, 5) is 0. The summed E-state index contributed by atoms with van der Waals surface area (Å²) in [6.07, 6.45) is 0. The molecule has 0 aliphatic carbocycles. The predicted molar refractivity (Wildman–Crippen MR) is 103 cm³/mol. The molecular formula is C21H16Se2. The second kappa shape index (κ2) is 6.91. The Balaban J connectivity index is 1.55. The summed E-state index contributed by atoms with van der Waals surface area (Å²) < 4.78 is 4.39. The van der Waals surface area contributed by atoms with Crippen LogP contribution >= 0.6 is 0 Å². The van der Waals surface area contributed by atoms with Crippen molar-refractivity contribution >= 4 is 60.4 Å². The Labute approximate surface area is 149 Å². The molecule has 0 amide bonds. The molecule has 4 aromatic carbocycles. The molecular weight excluding hydrogens is 410 g/mol. The number of hydrogen-bond donors (Lipinski definition) is 0. The van der Waals surface area contributed by atoms with Crippen molar-refractivity contribution in [2.75, 3.05) is 0 Å². The van der Waals surface area contributed by atoms with Gasteiger partial charge in [0, 0.05) is 0 Å². The van der Waals surface area contributed by atoms with Crippen LogP contribution in [-0.4, -0.2) is 29.9 Å². The van der Waals surface area contributed by atoms with Crippen LogP contribution in [0.3, 0.4) is 0 Å². The fourth-order valence-corrected chi connectivity index (χ4v) is 9.03. The van der Waals surface area contributed by atoms with Crippen LogP contribution in [0.1, 0.15) is 0 Å². The number of fused-ring (bicyclic) bond motifs is 2. The Hall–Kier alpha value is -1.56. The molecule has 0 nitrogen and oxygen atoms in total. The zero-order valence-electron chi connectivity index (χ0n) is 12.6. The summed E-state index contributed by atoms with van der Waals surface area (Å²) in [5.74, 6) is 0. The van der Waals surface area contributed by atoms with Gasteiger partial charge in [0.1, 0.15) is 0 Å². The summed E-state index contributed by atoms with van der Waals surface area (Å²) in [6, 6.07) is 30.9. The maximum atomic E-state index is 2.31. The van der Waals surface area contributed by atoms with Crippen molar-refractivity contribution in [1.82, 2.24) is 0 Å². The van der Waals surface area contributed by atoms with Gasteiger partial charge in [-0.3, -0.25) is 0 Å². The van der Waals surface area contributed by atoms with Crippen molar-refractivity contribution in [2.45, 2.75) is 4.22 Å². The number of hydrogen-bond acceptors (Lipinski definition) is 0. The molecule has 0 radical (unpaired) electrons. The van der Waals surface area contributed by atoms with Crippen molar-refractivity contribution in [2.24, 2.45) is 0 Å². The molecule has 0 N–H and O–H groups in total. The molecule has 0 atom stereocenters. The van der Waals surface area contributed by atoms with E-state index < -0.39 is 0 Å². The van der Waals surface area contributed by atoms with E-state index in [9.17, 15) is 0 Å². The maximum absolute atomic E-state index is 2.31. The molecule has 0 aliphatic rings. The third kappa shape index (κ3) is 3.22. The average Bonchev–Trinajstić information content (AvgIpc) is 2.62. The zero-order chi connectivity index (χ0) is 15.5. The quantitative estimate of drug-likeness (QED) is 0.437. The number of rotatable bonds is 4. The van der Waals surface area contributed by atoms with Crippen LogP contribution in [0.15, 0.2) is 84.9 Å². The fourth-order valence-electron chi connectivity index (χ4n) is 2.80. The topological polar surface area (TPSA) is 0 Å². The molecule has 4 aromatic rings. The van der Waals surface area contributed by atoms with Gasteiger partial charge in [0.05, 0.1) is 0 Å². The SMILES string of the molecule is c1ccc2c([Se]C[Se]c3cccc4ccccc34)cccc2c1. The summed E-state index contributed by atoms with van der Waals surface area (Å²) >= 11 is 1.08. The first kappa shape index (κ1) is 15.0. The van der Waals surface area contributed by atoms with Gasteiger partial charge in [-0.2, -0.15) is 0 Å². The minimum absolute atomic E-state index is 0.539. The average molecular weight is 426 g/mol. The monoisotopic (exact) mass is 428 g/mol. The molecule has 0 saturated heterocycles. The van der Waals surface area contributed by atoms with Crippen molar-refractivity contribution < 1.29 is 0 Å². The van der Waals surface area contributed by atoms with Gasteiger partial charge < -0.3 is 0 Å². The van der Waals surface area contributed by atoms with Crippen LogP contribution in [0.25, 0.3) is 21.5 Å². The van der Waals surface area contributed by atoms with E-state index in [2.05, 4.69) is 84.9 Å². The molecule has 23 heavy (non-hydrogen) atoms. The van der Waals surface area contributed by atoms with E-state index in [-0.39, 0.29) is 0 Å². The molecule has 0 aromatic heterocycles. The van der Waals surface area contributed by atoms with Gasteiger partial charge in [-0.05, 0) is 0 Å². The fraction of sp³-hybridized carbons (Fsp3) is 0.0476. The number of benzene rings is 4. The predicted octanol–water partition coefficient (Wildman–Crippen LogP) is 3.73. The standard InChI is InChI=1S/C21H16Se2/c1-3-11-18-16(7-1)9-5-13-20(18)22-15-23-21-14-6-10-17-8-2-4-12-19(17)21/h1-14H,15H2. The van der Waals surface area contributed by atoms with Crippen LogP contribution in [0, 0.1) is 0 Å². The molecule has 0 saturated carbocycles. The van der Waals surface area contributed by atoms with E-state index >= 15 is 0 Å². The molecule has 0 fully saturated rings. The minimum atomic E-state index is 0.539. The molecule has 2 heteroatoms. The Morgan fingerprint density at radius 2 is 0.913 bits per heavy atom. The van der Waals surface area contributed by atoms with Gasteiger partial charge in [-0.15, -0.1) is 0 Å². The summed E-state index contributed by atoms with van der Waals surface area (Å²) in [5.41, 5.74) is 0. The summed E-state index contributed by atoms with van der Waals surface area (Å²) in [6.45, 7) is 0. The van der Waals surface area contributed by atoms with Gasteiger partial charge in [0.15, 0.2) is 0 Å². The second-order valence-corrected chi connectivity index (χ2v) is 11.5. The van der Waals surface area contributed by atoms with E-state index in [4.69, 9.17) is 0 Å². The molecule has 0 spiro atoms. The van der Waals surface area contributed by atoms with E-state index in [0.29, 0.717) is 29.9 Å². The first-order chi connectivity index (χ1) is 11.4. The first-order valence-corrected chi connectivity index (χ1v) is 11.8. The summed E-state index contributed by atoms with van der Waals surface area (Å²) in [5, 5.41) is 5.60. The second-order valence-electron chi connectivity index (χ2n) is 5.36. The Kier molecular flexibility index (Phi) is 4.50. The van der Waals surface area contributed by atoms with Gasteiger partial charge in [0.2, 0.25) is 0 Å². The van der Waals surface area contributed by atoms with Crippen molar-refractivity contribution in [3.63, 3.8) is 0 Å². The molecule has 0 heterocycles. The van der Waals surface area contributed by atoms with Crippen molar-refractivity contribution in [3.05, 3.63) is 84.9 Å². The van der Waals surface area contributed by atoms with E-state index in [1.807, 2.05) is 0 Å². The van der Waals surface area contributed by atoms with Crippen LogP contribution < -0.4 is 8.92 Å². The molecule has 112 valence electrons. The molecule has 4 rings (SSSR count). The third-order valence-corrected chi connectivity index (χ3v) is 9.79. The van der Waals surface area contributed by atoms with Gasteiger partial charge in [0.25, 0.3) is 0 Å². The van der Waals surface area contributed by atoms with E-state index in [0.717, 1.165) is 0 Å². The van der Waals surface area contributed by atoms with Gasteiger partial charge >= 0.3 is 150 Å². The normalized spacial score (nSPS) is 11.1. The Bertz CT molecular complexity index is 870. The molecule has 0 bridgehead atoms. The van der Waals surface area contributed by atoms with Crippen LogP contribution in [0.5, 0.6) is 0 Å². The Morgan fingerprint density at radius 1 is 0.478 bits per heavy atom. The van der Waals surface area contributed by atoms with Crippen molar-refractivity contribution in [1.29, 1.82) is 0 Å². The van der Waals surface area contributed by atoms with E-state index in [1.165, 1.54) is 34.7 Å². The first-order valence-electron chi connectivity index (χ1n) is 7.63. The molecule has 0 aliphatic heterocycles. The zero-order valence-corrected chi connectivity index (χ0v) is 16.0. The Morgan fingerprint density at radius 3 is 1.43 bits per heavy atom. The summed E-state index contributed by atoms with van der Waals surface area (Å²) in [7, 11) is 0. The van der Waals surface area contributed by atoms with E-state index in [1.54, 1.807) is 0 Å². The van der Waals surface area contributed by atoms with Crippen LogP contribution in [0.2, 0.25) is 4.22 Å². The van der Waals surface area contributed by atoms with Crippen LogP contribution in [-0.2, 0) is 0 Å². The molecule has 0 unspecified atom stereocenters.